The molecule has 0 aliphatic heterocycles. The lowest BCUT2D eigenvalue weighted by Gasteiger charge is -2.05. The molecule has 3 N–H and O–H groups in total. The topological polar surface area (TPSA) is 54.7 Å². The van der Waals surface area contributed by atoms with E-state index >= 15 is 0 Å². The van der Waals surface area contributed by atoms with E-state index in [4.69, 9.17) is 5.73 Å². The lowest BCUT2D eigenvalue weighted by Crippen LogP contribution is -1.94. The molecule has 1 aromatic rings. The maximum Gasteiger partial charge on any atom is 0.148 e. The van der Waals surface area contributed by atoms with Crippen LogP contribution in [0.25, 0.3) is 0 Å². The van der Waals surface area contributed by atoms with Crippen LogP contribution in [0.1, 0.15) is 37.4 Å². The van der Waals surface area contributed by atoms with Gasteiger partial charge in [-0.1, -0.05) is 13.8 Å². The number of rotatable bonds is 2. The molecule has 0 aliphatic carbocycles. The highest BCUT2D eigenvalue weighted by atomic mass is 15.2. The van der Waals surface area contributed by atoms with Crippen molar-refractivity contribution in [2.45, 2.75) is 33.1 Å². The van der Waals surface area contributed by atoms with Crippen molar-refractivity contribution >= 4 is 5.82 Å². The third kappa shape index (κ3) is 1.37. The van der Waals surface area contributed by atoms with Crippen LogP contribution in [0.3, 0.4) is 0 Å². The number of nitrogens with one attached hydrogen (secondary N) is 1. The van der Waals surface area contributed by atoms with Crippen LogP contribution in [0.2, 0.25) is 0 Å². The molecule has 1 unspecified atom stereocenters. The number of aromatic amines is 1. The largest absolute Gasteiger partial charge is 0.382 e. The lowest BCUT2D eigenvalue weighted by molar-refractivity contribution is 0.699. The van der Waals surface area contributed by atoms with Gasteiger partial charge in [-0.25, -0.2) is 0 Å². The van der Waals surface area contributed by atoms with Gasteiger partial charge in [-0.3, -0.25) is 5.10 Å². The van der Waals surface area contributed by atoms with E-state index in [2.05, 4.69) is 24.0 Å². The summed E-state index contributed by atoms with van der Waals surface area (Å²) in [4.78, 5) is 0. The first-order valence-corrected chi connectivity index (χ1v) is 3.97. The first-order chi connectivity index (χ1) is 5.16. The molecule has 0 amide bonds. The molecule has 0 radical (unpaired) electrons. The average molecular weight is 153 g/mol. The van der Waals surface area contributed by atoms with Crippen molar-refractivity contribution in [2.24, 2.45) is 0 Å². The van der Waals surface area contributed by atoms with Crippen LogP contribution in [0.15, 0.2) is 0 Å². The van der Waals surface area contributed by atoms with Crippen LogP contribution in [0.4, 0.5) is 5.82 Å². The van der Waals surface area contributed by atoms with Gasteiger partial charge in [-0.2, -0.15) is 5.10 Å². The molecule has 0 aliphatic rings. The standard InChI is InChI=1S/C8H15N3/c1-4-5(2)7-6(3)8(9)11-10-7/h5H,4H2,1-3H3,(H3,9,10,11). The smallest absolute Gasteiger partial charge is 0.148 e. The van der Waals surface area contributed by atoms with Crippen molar-refractivity contribution in [1.29, 1.82) is 0 Å². The highest BCUT2D eigenvalue weighted by molar-refractivity contribution is 5.41. The molecule has 3 heteroatoms. The summed E-state index contributed by atoms with van der Waals surface area (Å²) in [6.45, 7) is 6.32. The van der Waals surface area contributed by atoms with Gasteiger partial charge in [0, 0.05) is 11.3 Å². The molecular formula is C8H15N3. The van der Waals surface area contributed by atoms with E-state index in [-0.39, 0.29) is 0 Å². The zero-order valence-electron chi connectivity index (χ0n) is 7.31. The third-order valence-electron chi connectivity index (χ3n) is 2.19. The Morgan fingerprint density at radius 1 is 1.64 bits per heavy atom. The Morgan fingerprint density at radius 2 is 2.27 bits per heavy atom. The fraction of sp³-hybridized carbons (Fsp3) is 0.625. The zero-order chi connectivity index (χ0) is 8.43. The van der Waals surface area contributed by atoms with Gasteiger partial charge in [-0.15, -0.1) is 0 Å². The molecule has 0 spiro atoms. The molecule has 62 valence electrons. The average Bonchev–Trinajstić information content (AvgIpc) is 2.32. The molecule has 1 rings (SSSR count). The Balaban J connectivity index is 2.94. The molecule has 0 aromatic carbocycles. The molecule has 0 bridgehead atoms. The zero-order valence-corrected chi connectivity index (χ0v) is 7.31. The normalized spacial score (nSPS) is 13.4. The van der Waals surface area contributed by atoms with E-state index in [0.717, 1.165) is 12.0 Å². The summed E-state index contributed by atoms with van der Waals surface area (Å²) in [6, 6.07) is 0. The monoisotopic (exact) mass is 153 g/mol. The van der Waals surface area contributed by atoms with Crippen LogP contribution >= 0.6 is 0 Å². The predicted octanol–water partition coefficient (Wildman–Crippen LogP) is 1.81. The number of anilines is 1. The number of H-pyrrole nitrogens is 1. The van der Waals surface area contributed by atoms with Crippen molar-refractivity contribution in [2.75, 3.05) is 5.73 Å². The molecule has 1 aromatic heterocycles. The number of hydrogen-bond donors (Lipinski definition) is 2. The number of nitrogens with zero attached hydrogens (tertiary/aromatic N) is 1. The Hall–Kier alpha value is -0.990. The summed E-state index contributed by atoms with van der Waals surface area (Å²) in [7, 11) is 0. The number of nitrogens with two attached hydrogens (primary N) is 1. The Kier molecular flexibility index (Phi) is 2.17. The van der Waals surface area contributed by atoms with Gasteiger partial charge in [0.1, 0.15) is 5.82 Å². The number of hydrogen-bond acceptors (Lipinski definition) is 2. The SMILES string of the molecule is CCC(C)c1[nH]nc(N)c1C. The minimum absolute atomic E-state index is 0.528. The first kappa shape index (κ1) is 8.11. The second-order valence-corrected chi connectivity index (χ2v) is 2.96. The van der Waals surface area contributed by atoms with E-state index in [1.54, 1.807) is 0 Å². The van der Waals surface area contributed by atoms with E-state index in [1.807, 2.05) is 6.92 Å². The fourth-order valence-corrected chi connectivity index (χ4v) is 1.11. The fourth-order valence-electron chi connectivity index (χ4n) is 1.11. The summed E-state index contributed by atoms with van der Waals surface area (Å²) >= 11 is 0. The summed E-state index contributed by atoms with van der Waals surface area (Å²) in [6.07, 6.45) is 1.11. The van der Waals surface area contributed by atoms with Gasteiger partial charge in [0.2, 0.25) is 0 Å². The van der Waals surface area contributed by atoms with Crippen molar-refractivity contribution in [3.8, 4) is 0 Å². The minimum Gasteiger partial charge on any atom is -0.382 e. The quantitative estimate of drug-likeness (QED) is 0.680. The van der Waals surface area contributed by atoms with E-state index in [0.29, 0.717) is 11.7 Å². The maximum absolute atomic E-state index is 5.59. The first-order valence-electron chi connectivity index (χ1n) is 3.97. The number of aromatic nitrogens is 2. The van der Waals surface area contributed by atoms with Crippen LogP contribution in [0.5, 0.6) is 0 Å². The molecule has 0 saturated heterocycles. The van der Waals surface area contributed by atoms with Crippen molar-refractivity contribution in [3.63, 3.8) is 0 Å². The molecule has 11 heavy (non-hydrogen) atoms. The van der Waals surface area contributed by atoms with Crippen LogP contribution in [-0.4, -0.2) is 10.2 Å². The minimum atomic E-state index is 0.528. The van der Waals surface area contributed by atoms with Crippen molar-refractivity contribution < 1.29 is 0 Å². The van der Waals surface area contributed by atoms with E-state index in [1.165, 1.54) is 5.69 Å². The number of nitrogen functional groups attached to an aromatic ring is 1. The summed E-state index contributed by atoms with van der Waals surface area (Å²) < 4.78 is 0. The Bertz CT molecular complexity index is 239. The molecule has 1 atom stereocenters. The van der Waals surface area contributed by atoms with Gasteiger partial charge in [0.25, 0.3) is 0 Å². The van der Waals surface area contributed by atoms with Gasteiger partial charge >= 0.3 is 0 Å². The van der Waals surface area contributed by atoms with E-state index in [9.17, 15) is 0 Å². The highest BCUT2D eigenvalue weighted by Crippen LogP contribution is 2.22. The van der Waals surface area contributed by atoms with Crippen LogP contribution < -0.4 is 5.73 Å². The second kappa shape index (κ2) is 2.95. The third-order valence-corrected chi connectivity index (χ3v) is 2.19. The van der Waals surface area contributed by atoms with Crippen LogP contribution in [-0.2, 0) is 0 Å². The molecule has 1 heterocycles. The van der Waals surface area contributed by atoms with Crippen molar-refractivity contribution in [1.82, 2.24) is 10.2 Å². The Morgan fingerprint density at radius 3 is 2.64 bits per heavy atom. The molecule has 0 saturated carbocycles. The maximum atomic E-state index is 5.59. The summed E-state index contributed by atoms with van der Waals surface area (Å²) in [5, 5.41) is 6.89. The molecular weight excluding hydrogens is 138 g/mol. The lowest BCUT2D eigenvalue weighted by atomic mass is 10.0. The van der Waals surface area contributed by atoms with Gasteiger partial charge in [-0.05, 0) is 19.3 Å². The van der Waals surface area contributed by atoms with Gasteiger partial charge in [0.05, 0.1) is 0 Å². The van der Waals surface area contributed by atoms with Crippen LogP contribution in [0, 0.1) is 6.92 Å². The van der Waals surface area contributed by atoms with Crippen molar-refractivity contribution in [3.05, 3.63) is 11.3 Å². The summed E-state index contributed by atoms with van der Waals surface area (Å²) in [5.74, 6) is 1.15. The second-order valence-electron chi connectivity index (χ2n) is 2.96. The molecule has 3 nitrogen and oxygen atoms in total. The summed E-state index contributed by atoms with van der Waals surface area (Å²) in [5.41, 5.74) is 7.86. The highest BCUT2D eigenvalue weighted by Gasteiger charge is 2.10. The van der Waals surface area contributed by atoms with Gasteiger partial charge in [0.15, 0.2) is 0 Å². The predicted molar refractivity (Wildman–Crippen MR) is 46.4 cm³/mol. The van der Waals surface area contributed by atoms with E-state index < -0.39 is 0 Å². The molecule has 0 fully saturated rings. The Labute approximate surface area is 67.0 Å². The van der Waals surface area contributed by atoms with Gasteiger partial charge < -0.3 is 5.73 Å².